The molecule has 1 heterocycles. The second kappa shape index (κ2) is 14.6. The molecule has 178 valence electrons. The fourth-order valence-corrected chi connectivity index (χ4v) is 3.92. The van der Waals surface area contributed by atoms with Crippen LogP contribution in [0.15, 0.2) is 18.2 Å². The van der Waals surface area contributed by atoms with Crippen molar-refractivity contribution in [3.8, 4) is 0 Å². The summed E-state index contributed by atoms with van der Waals surface area (Å²) in [4.78, 5) is 30.0. The molecule has 7 nitrogen and oxygen atoms in total. The average Bonchev–Trinajstić information content (AvgIpc) is 3.20. The van der Waals surface area contributed by atoms with Crippen molar-refractivity contribution >= 4 is 22.7 Å². The number of nitrogens with zero attached hydrogens (tertiary/aromatic N) is 2. The lowest BCUT2D eigenvalue weighted by atomic mass is 10.0. The zero-order valence-electron chi connectivity index (χ0n) is 19.7. The van der Waals surface area contributed by atoms with Crippen LogP contribution in [-0.2, 0) is 9.53 Å². The van der Waals surface area contributed by atoms with Gasteiger partial charge in [0.25, 0.3) is 5.69 Å². The third kappa shape index (κ3) is 9.37. The quantitative estimate of drug-likeness (QED) is 0.117. The van der Waals surface area contributed by atoms with Crippen LogP contribution < -0.4 is 0 Å². The maximum absolute atomic E-state index is 12.1. The number of carbonyl (C=O) groups excluding carboxylic acids is 1. The van der Waals surface area contributed by atoms with E-state index in [-0.39, 0.29) is 11.7 Å². The SMILES string of the molecule is CCCCCCCCCCCCCCCC(=O)OC(C)c1nc2ccc([N+](=O)[O-])cc2[nH]1. The van der Waals surface area contributed by atoms with Gasteiger partial charge in [-0.25, -0.2) is 4.98 Å². The minimum absolute atomic E-state index is 0.000225. The number of nitro benzene ring substituents is 1. The third-order valence-corrected chi connectivity index (χ3v) is 5.87. The predicted molar refractivity (Wildman–Crippen MR) is 128 cm³/mol. The zero-order chi connectivity index (χ0) is 23.2. The maximum Gasteiger partial charge on any atom is 0.306 e. The highest BCUT2D eigenvalue weighted by molar-refractivity contribution is 5.78. The van der Waals surface area contributed by atoms with Crippen LogP contribution >= 0.6 is 0 Å². The first-order chi connectivity index (χ1) is 15.5. The highest BCUT2D eigenvalue weighted by Gasteiger charge is 2.17. The van der Waals surface area contributed by atoms with E-state index in [9.17, 15) is 14.9 Å². The molecule has 2 aromatic rings. The van der Waals surface area contributed by atoms with Crippen LogP contribution in [0, 0.1) is 10.1 Å². The number of imidazole rings is 1. The first-order valence-electron chi connectivity index (χ1n) is 12.3. The van der Waals surface area contributed by atoms with E-state index in [4.69, 9.17) is 4.74 Å². The van der Waals surface area contributed by atoms with Crippen LogP contribution in [0.1, 0.15) is 116 Å². The Kier molecular flexibility index (Phi) is 11.8. The summed E-state index contributed by atoms with van der Waals surface area (Å²) >= 11 is 0. The molecule has 0 aliphatic heterocycles. The summed E-state index contributed by atoms with van der Waals surface area (Å²) in [6.45, 7) is 4.01. The van der Waals surface area contributed by atoms with E-state index in [1.807, 2.05) is 0 Å². The molecule has 2 rings (SSSR count). The van der Waals surface area contributed by atoms with E-state index in [1.165, 1.54) is 82.8 Å². The molecule has 0 amide bonds. The number of non-ortho nitro benzene ring substituents is 1. The summed E-state index contributed by atoms with van der Waals surface area (Å²) in [6.07, 6.45) is 16.4. The molecule has 1 aromatic heterocycles. The molecule has 0 fully saturated rings. The van der Waals surface area contributed by atoms with Crippen molar-refractivity contribution < 1.29 is 14.5 Å². The van der Waals surface area contributed by atoms with Crippen molar-refractivity contribution in [2.24, 2.45) is 0 Å². The molecule has 0 aliphatic rings. The highest BCUT2D eigenvalue weighted by atomic mass is 16.6. The summed E-state index contributed by atoms with van der Waals surface area (Å²) in [7, 11) is 0. The molecule has 0 saturated heterocycles. The van der Waals surface area contributed by atoms with Crippen molar-refractivity contribution in [3.05, 3.63) is 34.1 Å². The van der Waals surface area contributed by atoms with Crippen molar-refractivity contribution in [1.29, 1.82) is 0 Å². The van der Waals surface area contributed by atoms with Gasteiger partial charge in [-0.3, -0.25) is 14.9 Å². The first kappa shape index (κ1) is 25.8. The molecule has 0 spiro atoms. The Morgan fingerprint density at radius 1 is 1.00 bits per heavy atom. The number of hydrogen-bond donors (Lipinski definition) is 1. The number of fused-ring (bicyclic) bond motifs is 1. The van der Waals surface area contributed by atoms with Gasteiger partial charge in [0.15, 0.2) is 6.10 Å². The van der Waals surface area contributed by atoms with Gasteiger partial charge in [-0.2, -0.15) is 0 Å². The lowest BCUT2D eigenvalue weighted by Crippen LogP contribution is -2.09. The van der Waals surface area contributed by atoms with E-state index >= 15 is 0 Å². The molecule has 1 N–H and O–H groups in total. The third-order valence-electron chi connectivity index (χ3n) is 5.87. The zero-order valence-corrected chi connectivity index (χ0v) is 19.7. The van der Waals surface area contributed by atoms with Gasteiger partial charge in [-0.05, 0) is 19.4 Å². The number of benzene rings is 1. The Morgan fingerprint density at radius 2 is 1.56 bits per heavy atom. The number of hydrogen-bond acceptors (Lipinski definition) is 5. The largest absolute Gasteiger partial charge is 0.454 e. The van der Waals surface area contributed by atoms with Crippen molar-refractivity contribution in [3.63, 3.8) is 0 Å². The minimum atomic E-state index is -0.518. The van der Waals surface area contributed by atoms with Crippen LogP contribution in [0.3, 0.4) is 0 Å². The van der Waals surface area contributed by atoms with Crippen LogP contribution in [0.25, 0.3) is 11.0 Å². The highest BCUT2D eigenvalue weighted by Crippen LogP contribution is 2.23. The fraction of sp³-hybridized carbons (Fsp3) is 0.680. The maximum atomic E-state index is 12.1. The lowest BCUT2D eigenvalue weighted by Gasteiger charge is -2.10. The number of rotatable bonds is 17. The summed E-state index contributed by atoms with van der Waals surface area (Å²) in [5.74, 6) is 0.270. The van der Waals surface area contributed by atoms with Gasteiger partial charge in [0, 0.05) is 18.6 Å². The van der Waals surface area contributed by atoms with Gasteiger partial charge in [-0.1, -0.05) is 84.0 Å². The second-order valence-corrected chi connectivity index (χ2v) is 8.71. The van der Waals surface area contributed by atoms with E-state index in [1.54, 1.807) is 13.0 Å². The molecule has 1 atom stereocenters. The summed E-state index contributed by atoms with van der Waals surface area (Å²) in [5.41, 5.74) is 1.18. The standard InChI is InChI=1S/C25H39N3O4/c1-3-4-5-6-7-8-9-10-11-12-13-14-15-16-24(29)32-20(2)25-26-22-18-17-21(28(30)31)19-23(22)27-25/h17-20H,3-16H2,1-2H3,(H,26,27). The number of ether oxygens (including phenoxy) is 1. The van der Waals surface area contributed by atoms with Crippen molar-refractivity contribution in [1.82, 2.24) is 9.97 Å². The number of H-pyrrole nitrogens is 1. The lowest BCUT2D eigenvalue weighted by molar-refractivity contribution is -0.384. The topological polar surface area (TPSA) is 98.1 Å². The van der Waals surface area contributed by atoms with E-state index in [0.29, 0.717) is 23.3 Å². The number of aromatic amines is 1. The Bertz CT molecular complexity index is 834. The predicted octanol–water partition coefficient (Wildman–Crippen LogP) is 7.56. The number of aromatic nitrogens is 2. The summed E-state index contributed by atoms with van der Waals surface area (Å²) in [5, 5.41) is 10.9. The summed E-state index contributed by atoms with van der Waals surface area (Å²) in [6, 6.07) is 4.45. The molecule has 0 saturated carbocycles. The number of nitro groups is 1. The molecule has 32 heavy (non-hydrogen) atoms. The van der Waals surface area contributed by atoms with E-state index < -0.39 is 11.0 Å². The molecular weight excluding hydrogens is 406 g/mol. The average molecular weight is 446 g/mol. The number of carbonyl (C=O) groups is 1. The van der Waals surface area contributed by atoms with Gasteiger partial charge in [0.2, 0.25) is 0 Å². The monoisotopic (exact) mass is 445 g/mol. The fourth-order valence-electron chi connectivity index (χ4n) is 3.92. The Balaban J connectivity index is 1.54. The van der Waals surface area contributed by atoms with Crippen molar-refractivity contribution in [2.45, 2.75) is 110 Å². The smallest absolute Gasteiger partial charge is 0.306 e. The molecule has 1 aromatic carbocycles. The molecular formula is C25H39N3O4. The molecule has 0 aliphatic carbocycles. The first-order valence-corrected chi connectivity index (χ1v) is 12.3. The van der Waals surface area contributed by atoms with Gasteiger partial charge < -0.3 is 9.72 Å². The van der Waals surface area contributed by atoms with Gasteiger partial charge in [0.1, 0.15) is 5.82 Å². The van der Waals surface area contributed by atoms with E-state index in [0.717, 1.165) is 12.8 Å². The number of unbranched alkanes of at least 4 members (excludes halogenated alkanes) is 12. The molecule has 1 unspecified atom stereocenters. The Labute approximate surface area is 191 Å². The molecule has 0 bridgehead atoms. The molecule has 0 radical (unpaired) electrons. The van der Waals surface area contributed by atoms with Gasteiger partial charge in [-0.15, -0.1) is 0 Å². The van der Waals surface area contributed by atoms with Crippen molar-refractivity contribution in [2.75, 3.05) is 0 Å². The van der Waals surface area contributed by atoms with Crippen LogP contribution in [0.2, 0.25) is 0 Å². The van der Waals surface area contributed by atoms with Gasteiger partial charge >= 0.3 is 5.97 Å². The summed E-state index contributed by atoms with van der Waals surface area (Å²) < 4.78 is 5.48. The van der Waals surface area contributed by atoms with E-state index in [2.05, 4.69) is 16.9 Å². The second-order valence-electron chi connectivity index (χ2n) is 8.71. The van der Waals surface area contributed by atoms with Crippen LogP contribution in [0.5, 0.6) is 0 Å². The normalized spacial score (nSPS) is 12.2. The molecule has 7 heteroatoms. The Morgan fingerprint density at radius 3 is 2.12 bits per heavy atom. The number of nitrogens with one attached hydrogen (secondary N) is 1. The van der Waals surface area contributed by atoms with Gasteiger partial charge in [0.05, 0.1) is 16.0 Å². The van der Waals surface area contributed by atoms with Crippen LogP contribution in [-0.4, -0.2) is 20.9 Å². The van der Waals surface area contributed by atoms with Crippen LogP contribution in [0.4, 0.5) is 5.69 Å². The minimum Gasteiger partial charge on any atom is -0.454 e. The Hall–Kier alpha value is -2.44. The number of esters is 1.